The first-order valence-corrected chi connectivity index (χ1v) is 6.10. The van der Waals surface area contributed by atoms with Crippen LogP contribution in [0.5, 0.6) is 0 Å². The maximum atomic E-state index is 11.7. The van der Waals surface area contributed by atoms with E-state index in [1.807, 2.05) is 36.5 Å². The van der Waals surface area contributed by atoms with Gasteiger partial charge in [-0.15, -0.1) is 0 Å². The summed E-state index contributed by atoms with van der Waals surface area (Å²) in [6, 6.07) is 9.44. The highest BCUT2D eigenvalue weighted by molar-refractivity contribution is 6.31. The molecule has 1 aliphatic rings. The van der Waals surface area contributed by atoms with Crippen molar-refractivity contribution in [3.63, 3.8) is 0 Å². The highest BCUT2D eigenvalue weighted by Gasteiger charge is 2.18. The predicted octanol–water partition coefficient (Wildman–Crippen LogP) is 2.63. The number of nitrogens with one attached hydrogen (secondary N) is 1. The molecule has 3 nitrogen and oxygen atoms in total. The summed E-state index contributed by atoms with van der Waals surface area (Å²) in [6.07, 6.45) is 2.26. The summed E-state index contributed by atoms with van der Waals surface area (Å²) >= 11 is 6.04. The number of fused-ring (bicyclic) bond motifs is 1. The predicted molar refractivity (Wildman–Crippen MR) is 71.5 cm³/mol. The molecule has 1 aromatic heterocycles. The fourth-order valence-corrected chi connectivity index (χ4v) is 2.32. The molecule has 90 valence electrons. The lowest BCUT2D eigenvalue weighted by Crippen LogP contribution is -2.06. The first-order valence-electron chi connectivity index (χ1n) is 5.73. The number of aromatic nitrogens is 1. The number of nitrogens with zero attached hydrogens (tertiary/aromatic N) is 1. The number of rotatable bonds is 1. The summed E-state index contributed by atoms with van der Waals surface area (Å²) < 4.78 is 0. The van der Waals surface area contributed by atoms with E-state index in [0.29, 0.717) is 11.4 Å². The van der Waals surface area contributed by atoms with Gasteiger partial charge in [0.25, 0.3) is 0 Å². The van der Waals surface area contributed by atoms with Crippen molar-refractivity contribution in [2.24, 2.45) is 4.99 Å². The fourth-order valence-electron chi connectivity index (χ4n) is 2.15. The summed E-state index contributed by atoms with van der Waals surface area (Å²) in [5.41, 5.74) is 3.64. The van der Waals surface area contributed by atoms with Crippen molar-refractivity contribution in [3.05, 3.63) is 58.4 Å². The van der Waals surface area contributed by atoms with Gasteiger partial charge in [-0.1, -0.05) is 17.7 Å². The molecule has 2 heterocycles. The molecule has 0 spiro atoms. The number of aliphatic imine (C=N–C) groups is 1. The van der Waals surface area contributed by atoms with E-state index in [4.69, 9.17) is 11.6 Å². The number of Topliss-reactive ketones (excluding diaryl/α,β-unsaturated/α-hetero) is 1. The van der Waals surface area contributed by atoms with E-state index in [9.17, 15) is 4.79 Å². The minimum absolute atomic E-state index is 0.125. The van der Waals surface area contributed by atoms with Gasteiger partial charge in [-0.2, -0.15) is 0 Å². The SMILES string of the molecule is O=C1CN=C(c2ccc[nH]2)c2cc(Cl)ccc2C1. The summed E-state index contributed by atoms with van der Waals surface area (Å²) in [4.78, 5) is 19.2. The molecule has 1 aromatic carbocycles. The summed E-state index contributed by atoms with van der Waals surface area (Å²) in [5.74, 6) is 0.125. The van der Waals surface area contributed by atoms with Crippen molar-refractivity contribution < 1.29 is 4.79 Å². The highest BCUT2D eigenvalue weighted by Crippen LogP contribution is 2.22. The van der Waals surface area contributed by atoms with Gasteiger partial charge in [0.2, 0.25) is 0 Å². The molecule has 0 saturated heterocycles. The van der Waals surface area contributed by atoms with Crippen molar-refractivity contribution in [2.75, 3.05) is 6.54 Å². The van der Waals surface area contributed by atoms with Crippen LogP contribution < -0.4 is 0 Å². The molecule has 1 aliphatic heterocycles. The maximum absolute atomic E-state index is 11.7. The number of ketones is 1. The number of H-pyrrole nitrogens is 1. The van der Waals surface area contributed by atoms with Crippen LogP contribution in [0.2, 0.25) is 5.02 Å². The van der Waals surface area contributed by atoms with Gasteiger partial charge >= 0.3 is 0 Å². The molecule has 0 saturated carbocycles. The van der Waals surface area contributed by atoms with E-state index in [-0.39, 0.29) is 12.3 Å². The molecule has 0 unspecified atom stereocenters. The third kappa shape index (κ3) is 1.97. The fraction of sp³-hybridized carbons (Fsp3) is 0.143. The minimum Gasteiger partial charge on any atom is -0.360 e. The van der Waals surface area contributed by atoms with Crippen molar-refractivity contribution in [2.45, 2.75) is 6.42 Å². The number of carbonyl (C=O) groups excluding carboxylic acids is 1. The van der Waals surface area contributed by atoms with Crippen LogP contribution in [0.15, 0.2) is 41.5 Å². The molecule has 1 N–H and O–H groups in total. The zero-order valence-electron chi connectivity index (χ0n) is 9.61. The average molecular weight is 259 g/mol. The molecule has 0 fully saturated rings. The van der Waals surface area contributed by atoms with E-state index in [1.54, 1.807) is 0 Å². The normalized spacial score (nSPS) is 14.9. The second-order valence-corrected chi connectivity index (χ2v) is 4.70. The van der Waals surface area contributed by atoms with Crippen molar-refractivity contribution >= 4 is 23.1 Å². The number of hydrogen-bond donors (Lipinski definition) is 1. The van der Waals surface area contributed by atoms with Crippen LogP contribution >= 0.6 is 11.6 Å². The Morgan fingerprint density at radius 1 is 1.28 bits per heavy atom. The smallest absolute Gasteiger partial charge is 0.158 e. The Morgan fingerprint density at radius 2 is 2.17 bits per heavy atom. The van der Waals surface area contributed by atoms with Gasteiger partial charge in [-0.25, -0.2) is 0 Å². The van der Waals surface area contributed by atoms with E-state index in [0.717, 1.165) is 22.5 Å². The van der Waals surface area contributed by atoms with Crippen LogP contribution in [0.25, 0.3) is 0 Å². The van der Waals surface area contributed by atoms with Gasteiger partial charge in [0.15, 0.2) is 5.78 Å². The molecule has 0 radical (unpaired) electrons. The van der Waals surface area contributed by atoms with Gasteiger partial charge in [-0.3, -0.25) is 9.79 Å². The number of carbonyl (C=O) groups is 1. The molecule has 2 aromatic rings. The Labute approximate surface area is 110 Å². The molecule has 18 heavy (non-hydrogen) atoms. The molecular formula is C14H11ClN2O. The lowest BCUT2D eigenvalue weighted by Gasteiger charge is -2.08. The van der Waals surface area contributed by atoms with Gasteiger partial charge in [0, 0.05) is 23.2 Å². The van der Waals surface area contributed by atoms with Crippen molar-refractivity contribution in [3.8, 4) is 0 Å². The maximum Gasteiger partial charge on any atom is 0.158 e. The van der Waals surface area contributed by atoms with Crippen LogP contribution in [-0.4, -0.2) is 23.0 Å². The second kappa shape index (κ2) is 4.42. The Morgan fingerprint density at radius 3 is 2.94 bits per heavy atom. The molecule has 3 rings (SSSR count). The average Bonchev–Trinajstić information content (AvgIpc) is 2.81. The third-order valence-corrected chi connectivity index (χ3v) is 3.22. The highest BCUT2D eigenvalue weighted by atomic mass is 35.5. The Kier molecular flexibility index (Phi) is 2.76. The first kappa shape index (κ1) is 11.2. The van der Waals surface area contributed by atoms with Crippen molar-refractivity contribution in [1.29, 1.82) is 0 Å². The molecular weight excluding hydrogens is 248 g/mol. The molecule has 0 bridgehead atoms. The van der Waals surface area contributed by atoms with E-state index in [1.165, 1.54) is 0 Å². The van der Waals surface area contributed by atoms with Crippen LogP contribution in [0.4, 0.5) is 0 Å². The number of hydrogen-bond acceptors (Lipinski definition) is 2. The first-order chi connectivity index (χ1) is 8.74. The van der Waals surface area contributed by atoms with E-state index in [2.05, 4.69) is 9.98 Å². The number of aromatic amines is 1. The lowest BCUT2D eigenvalue weighted by atomic mass is 9.98. The minimum atomic E-state index is 0.125. The Bertz CT molecular complexity index is 629. The Hall–Kier alpha value is -1.87. The number of benzene rings is 1. The molecule has 0 aliphatic carbocycles. The second-order valence-electron chi connectivity index (χ2n) is 4.27. The van der Waals surface area contributed by atoms with Gasteiger partial charge in [0.1, 0.15) is 0 Å². The number of halogens is 1. The largest absolute Gasteiger partial charge is 0.360 e. The molecule has 4 heteroatoms. The summed E-state index contributed by atoms with van der Waals surface area (Å²) in [5, 5.41) is 0.655. The molecule has 0 atom stereocenters. The van der Waals surface area contributed by atoms with Gasteiger partial charge in [-0.05, 0) is 29.8 Å². The van der Waals surface area contributed by atoms with E-state index < -0.39 is 0 Å². The topological polar surface area (TPSA) is 45.2 Å². The zero-order valence-corrected chi connectivity index (χ0v) is 10.4. The Balaban J connectivity index is 2.20. The van der Waals surface area contributed by atoms with Gasteiger partial charge < -0.3 is 4.98 Å². The third-order valence-electron chi connectivity index (χ3n) is 2.98. The van der Waals surface area contributed by atoms with Crippen LogP contribution in [-0.2, 0) is 11.2 Å². The van der Waals surface area contributed by atoms with E-state index >= 15 is 0 Å². The van der Waals surface area contributed by atoms with Crippen LogP contribution in [0.3, 0.4) is 0 Å². The standard InChI is InChI=1S/C14H11ClN2O/c15-10-4-3-9-6-11(18)8-17-14(12(9)7-10)13-2-1-5-16-13/h1-5,7,16H,6,8H2. The monoisotopic (exact) mass is 258 g/mol. The quantitative estimate of drug-likeness (QED) is 0.840. The van der Waals surface area contributed by atoms with Crippen molar-refractivity contribution in [1.82, 2.24) is 4.98 Å². The van der Waals surface area contributed by atoms with Crippen LogP contribution in [0.1, 0.15) is 16.8 Å². The lowest BCUT2D eigenvalue weighted by molar-refractivity contribution is -0.117. The van der Waals surface area contributed by atoms with Crippen LogP contribution in [0, 0.1) is 0 Å². The summed E-state index contributed by atoms with van der Waals surface area (Å²) in [7, 11) is 0. The molecule has 0 amide bonds. The zero-order chi connectivity index (χ0) is 12.5. The summed E-state index contributed by atoms with van der Waals surface area (Å²) in [6.45, 7) is 0.223. The van der Waals surface area contributed by atoms with Gasteiger partial charge in [0.05, 0.1) is 18.0 Å².